The fourth-order valence-electron chi connectivity index (χ4n) is 1.85. The van der Waals surface area contributed by atoms with E-state index in [1.165, 1.54) is 0 Å². The molecule has 0 unspecified atom stereocenters. The number of carbonyl (C=O) groups is 2. The van der Waals surface area contributed by atoms with Crippen molar-refractivity contribution >= 4 is 12.1 Å². The summed E-state index contributed by atoms with van der Waals surface area (Å²) in [5.74, 6) is 0.668. The van der Waals surface area contributed by atoms with Gasteiger partial charge in [0.15, 0.2) is 5.78 Å². The number of carbonyl (C=O) groups excluding carboxylic acids is 2. The number of benzene rings is 1. The van der Waals surface area contributed by atoms with Crippen LogP contribution in [-0.4, -0.2) is 19.2 Å². The van der Waals surface area contributed by atoms with Gasteiger partial charge in [0.2, 0.25) is 0 Å². The summed E-state index contributed by atoms with van der Waals surface area (Å²) in [5, 5.41) is 0. The third-order valence-electron chi connectivity index (χ3n) is 2.80. The highest BCUT2D eigenvalue weighted by Gasteiger charge is 2.15. The van der Waals surface area contributed by atoms with Gasteiger partial charge in [0.1, 0.15) is 12.0 Å². The highest BCUT2D eigenvalue weighted by atomic mass is 16.5. The molecule has 3 nitrogen and oxygen atoms in total. The molecule has 0 amide bonds. The Kier molecular flexibility index (Phi) is 3.82. The van der Waals surface area contributed by atoms with Crippen LogP contribution in [-0.2, 0) is 4.79 Å². The summed E-state index contributed by atoms with van der Waals surface area (Å²) in [6.07, 6.45) is 0.572. The van der Waals surface area contributed by atoms with Gasteiger partial charge in [-0.05, 0) is 43.5 Å². The number of Topliss-reactive ketones (excluding diaryl/α,β-unsaturated/α-hetero) is 1. The molecule has 86 valence electrons. The van der Waals surface area contributed by atoms with E-state index in [9.17, 15) is 9.59 Å². The molecule has 0 fully saturated rings. The monoisotopic (exact) mass is 220 g/mol. The second-order valence-corrected chi connectivity index (χ2v) is 3.82. The smallest absolute Gasteiger partial charge is 0.170 e. The quantitative estimate of drug-likeness (QED) is 0.444. The van der Waals surface area contributed by atoms with Crippen molar-refractivity contribution in [2.75, 3.05) is 7.11 Å². The first kappa shape index (κ1) is 12.4. The Bertz CT molecular complexity index is 433. The van der Waals surface area contributed by atoms with E-state index in [1.54, 1.807) is 13.2 Å². The van der Waals surface area contributed by atoms with Gasteiger partial charge in [-0.3, -0.25) is 4.79 Å². The minimum Gasteiger partial charge on any atom is -0.496 e. The number of ether oxygens (including phenoxy) is 1. The van der Waals surface area contributed by atoms with E-state index >= 15 is 0 Å². The highest BCUT2D eigenvalue weighted by Crippen LogP contribution is 2.28. The zero-order chi connectivity index (χ0) is 12.3. The van der Waals surface area contributed by atoms with E-state index in [0.29, 0.717) is 11.8 Å². The van der Waals surface area contributed by atoms with Crippen molar-refractivity contribution in [2.45, 2.75) is 27.2 Å². The first-order valence-electron chi connectivity index (χ1n) is 5.14. The van der Waals surface area contributed by atoms with Crippen LogP contribution in [0.2, 0.25) is 0 Å². The average molecular weight is 220 g/mol. The third kappa shape index (κ3) is 2.13. The van der Waals surface area contributed by atoms with Gasteiger partial charge in [-0.1, -0.05) is 0 Å². The van der Waals surface area contributed by atoms with Crippen molar-refractivity contribution in [2.24, 2.45) is 0 Å². The molecule has 0 radical (unpaired) electrons. The van der Waals surface area contributed by atoms with Gasteiger partial charge in [-0.15, -0.1) is 0 Å². The fourth-order valence-corrected chi connectivity index (χ4v) is 1.85. The number of aldehydes is 1. The maximum absolute atomic E-state index is 11.7. The Hall–Kier alpha value is -1.64. The van der Waals surface area contributed by atoms with Crippen LogP contribution in [0.4, 0.5) is 0 Å². The SMILES string of the molecule is COc1c(C)cc(C(=O)CC=O)c(C)c1C. The van der Waals surface area contributed by atoms with Crippen LogP contribution in [0.1, 0.15) is 33.5 Å². The van der Waals surface area contributed by atoms with Gasteiger partial charge in [-0.25, -0.2) is 0 Å². The number of hydrogen-bond acceptors (Lipinski definition) is 3. The first-order chi connectivity index (χ1) is 7.52. The lowest BCUT2D eigenvalue weighted by atomic mass is 9.95. The van der Waals surface area contributed by atoms with Crippen molar-refractivity contribution in [3.63, 3.8) is 0 Å². The highest BCUT2D eigenvalue weighted by molar-refractivity contribution is 6.04. The predicted molar refractivity (Wildman–Crippen MR) is 62.2 cm³/mol. The van der Waals surface area contributed by atoms with Crippen molar-refractivity contribution in [1.82, 2.24) is 0 Å². The summed E-state index contributed by atoms with van der Waals surface area (Å²) in [7, 11) is 1.61. The summed E-state index contributed by atoms with van der Waals surface area (Å²) in [6.45, 7) is 5.68. The van der Waals surface area contributed by atoms with Crippen LogP contribution >= 0.6 is 0 Å². The molecule has 0 aliphatic heterocycles. The van der Waals surface area contributed by atoms with Crippen LogP contribution in [0.5, 0.6) is 5.75 Å². The van der Waals surface area contributed by atoms with Gasteiger partial charge in [0.05, 0.1) is 13.5 Å². The molecule has 0 saturated heterocycles. The standard InChI is InChI=1S/C13H16O3/c1-8-7-11(12(15)5-6-14)9(2)10(3)13(8)16-4/h6-7H,5H2,1-4H3. The molecule has 0 aliphatic rings. The molecular formula is C13H16O3. The summed E-state index contributed by atoms with van der Waals surface area (Å²) in [6, 6.07) is 1.78. The van der Waals surface area contributed by atoms with Gasteiger partial charge in [0, 0.05) is 5.56 Å². The lowest BCUT2D eigenvalue weighted by molar-refractivity contribution is -0.107. The minimum atomic E-state index is -0.138. The number of methoxy groups -OCH3 is 1. The van der Waals surface area contributed by atoms with Crippen molar-refractivity contribution in [1.29, 1.82) is 0 Å². The second-order valence-electron chi connectivity index (χ2n) is 3.82. The maximum atomic E-state index is 11.7. The molecule has 0 N–H and O–H groups in total. The van der Waals surface area contributed by atoms with Crippen LogP contribution in [0, 0.1) is 20.8 Å². The van der Waals surface area contributed by atoms with Gasteiger partial charge in [0.25, 0.3) is 0 Å². The number of hydrogen-bond donors (Lipinski definition) is 0. The van der Waals surface area contributed by atoms with Crippen molar-refractivity contribution < 1.29 is 14.3 Å². The lowest BCUT2D eigenvalue weighted by Gasteiger charge is -2.14. The molecule has 3 heteroatoms. The topological polar surface area (TPSA) is 43.4 Å². The Morgan fingerprint density at radius 1 is 1.31 bits per heavy atom. The summed E-state index contributed by atoms with van der Waals surface area (Å²) in [4.78, 5) is 22.0. The third-order valence-corrected chi connectivity index (χ3v) is 2.80. The van der Waals surface area contributed by atoms with E-state index < -0.39 is 0 Å². The van der Waals surface area contributed by atoms with Gasteiger partial charge in [-0.2, -0.15) is 0 Å². The van der Waals surface area contributed by atoms with Gasteiger partial charge < -0.3 is 9.53 Å². The molecular weight excluding hydrogens is 204 g/mol. The minimum absolute atomic E-state index is 0.0634. The van der Waals surface area contributed by atoms with Gasteiger partial charge >= 0.3 is 0 Å². The molecule has 1 aromatic rings. The number of aryl methyl sites for hydroxylation is 1. The van der Waals surface area contributed by atoms with Crippen molar-refractivity contribution in [3.8, 4) is 5.75 Å². The molecule has 0 bridgehead atoms. The number of rotatable bonds is 4. The second kappa shape index (κ2) is 4.92. The molecule has 0 spiro atoms. The van der Waals surface area contributed by atoms with E-state index in [1.807, 2.05) is 20.8 Å². The van der Waals surface area contributed by atoms with E-state index in [2.05, 4.69) is 0 Å². The van der Waals surface area contributed by atoms with Crippen molar-refractivity contribution in [3.05, 3.63) is 28.3 Å². The zero-order valence-electron chi connectivity index (χ0n) is 10.1. The van der Waals surface area contributed by atoms with E-state index in [4.69, 9.17) is 4.74 Å². The Balaban J connectivity index is 3.33. The predicted octanol–water partition coefficient (Wildman–Crippen LogP) is 2.39. The summed E-state index contributed by atoms with van der Waals surface area (Å²) >= 11 is 0. The van der Waals surface area contributed by atoms with E-state index in [0.717, 1.165) is 22.4 Å². The first-order valence-corrected chi connectivity index (χ1v) is 5.14. The largest absolute Gasteiger partial charge is 0.496 e. The summed E-state index contributed by atoms with van der Waals surface area (Å²) < 4.78 is 5.27. The number of ketones is 1. The molecule has 16 heavy (non-hydrogen) atoms. The molecule has 1 aromatic carbocycles. The molecule has 0 saturated carbocycles. The Morgan fingerprint density at radius 2 is 1.94 bits per heavy atom. The zero-order valence-corrected chi connectivity index (χ0v) is 10.1. The normalized spacial score (nSPS) is 10.0. The van der Waals surface area contributed by atoms with Crippen LogP contribution in [0.15, 0.2) is 6.07 Å². The van der Waals surface area contributed by atoms with Crippen LogP contribution in [0.3, 0.4) is 0 Å². The van der Waals surface area contributed by atoms with Crippen LogP contribution < -0.4 is 4.74 Å². The molecule has 1 rings (SSSR count). The van der Waals surface area contributed by atoms with Crippen LogP contribution in [0.25, 0.3) is 0 Å². The summed E-state index contributed by atoms with van der Waals surface area (Å²) in [5.41, 5.74) is 3.37. The fraction of sp³-hybridized carbons (Fsp3) is 0.385. The lowest BCUT2D eigenvalue weighted by Crippen LogP contribution is -2.06. The molecule has 0 atom stereocenters. The maximum Gasteiger partial charge on any atom is 0.170 e. The van der Waals surface area contributed by atoms with E-state index in [-0.39, 0.29) is 12.2 Å². The Labute approximate surface area is 95.4 Å². The molecule has 0 aliphatic carbocycles. The molecule has 0 heterocycles. The molecule has 0 aromatic heterocycles. The Morgan fingerprint density at radius 3 is 2.44 bits per heavy atom. The average Bonchev–Trinajstić information content (AvgIpc) is 2.24.